The van der Waals surface area contributed by atoms with Gasteiger partial charge in [-0.2, -0.15) is 0 Å². The van der Waals surface area contributed by atoms with E-state index in [1.807, 2.05) is 30.3 Å². The van der Waals surface area contributed by atoms with E-state index in [0.29, 0.717) is 61.1 Å². The van der Waals surface area contributed by atoms with Crippen molar-refractivity contribution in [1.82, 2.24) is 9.80 Å². The molecule has 154 valence electrons. The highest BCUT2D eigenvalue weighted by atomic mass is 35.5. The van der Waals surface area contributed by atoms with Gasteiger partial charge in [-0.15, -0.1) is 0 Å². The molecule has 1 fully saturated rings. The molecule has 0 aliphatic carbocycles. The monoisotopic (exact) mass is 434 g/mol. The molecule has 2 aromatic carbocycles. The fourth-order valence-corrected chi connectivity index (χ4v) is 3.67. The normalized spacial score (nSPS) is 14.2. The molecule has 1 saturated heterocycles. The van der Waals surface area contributed by atoms with Crippen molar-refractivity contribution in [2.24, 2.45) is 0 Å². The van der Waals surface area contributed by atoms with Gasteiger partial charge < -0.3 is 14.9 Å². The predicted octanol–water partition coefficient (Wildman–Crippen LogP) is 4.11. The summed E-state index contributed by atoms with van der Waals surface area (Å²) < 4.78 is 0. The van der Waals surface area contributed by atoms with E-state index in [1.54, 1.807) is 21.9 Å². The van der Waals surface area contributed by atoms with Crippen LogP contribution >= 0.6 is 23.2 Å². The number of unbranched alkanes of at least 4 members (excludes halogenated alkanes) is 1. The van der Waals surface area contributed by atoms with Crippen molar-refractivity contribution in [2.45, 2.75) is 19.3 Å². The summed E-state index contributed by atoms with van der Waals surface area (Å²) in [5.74, 6) is 0.0644. The molecule has 0 spiro atoms. The second kappa shape index (κ2) is 10.1. The number of aliphatic hydroxyl groups is 1. The minimum Gasteiger partial charge on any atom is -0.396 e. The fourth-order valence-electron chi connectivity index (χ4n) is 3.37. The summed E-state index contributed by atoms with van der Waals surface area (Å²) in [5, 5.41) is 9.82. The molecular formula is C22H24Cl2N2O3. The average molecular weight is 435 g/mol. The summed E-state index contributed by atoms with van der Waals surface area (Å²) in [7, 11) is 0. The highest BCUT2D eigenvalue weighted by Crippen LogP contribution is 2.28. The van der Waals surface area contributed by atoms with Gasteiger partial charge in [-0.3, -0.25) is 9.59 Å². The molecule has 0 atom stereocenters. The second-order valence-electron chi connectivity index (χ2n) is 7.06. The van der Waals surface area contributed by atoms with Crippen molar-refractivity contribution < 1.29 is 14.7 Å². The Kier molecular flexibility index (Phi) is 7.53. The lowest BCUT2D eigenvalue weighted by atomic mass is 10.0. The van der Waals surface area contributed by atoms with Gasteiger partial charge >= 0.3 is 0 Å². The number of piperazine rings is 1. The first-order valence-electron chi connectivity index (χ1n) is 9.73. The average Bonchev–Trinajstić information content (AvgIpc) is 2.75. The van der Waals surface area contributed by atoms with Crippen LogP contribution in [0.5, 0.6) is 0 Å². The van der Waals surface area contributed by atoms with Crippen LogP contribution in [0.15, 0.2) is 42.5 Å². The quantitative estimate of drug-likeness (QED) is 0.695. The summed E-state index contributed by atoms with van der Waals surface area (Å²) in [4.78, 5) is 28.5. The van der Waals surface area contributed by atoms with Gasteiger partial charge in [0.05, 0.1) is 10.0 Å². The minimum atomic E-state index is -0.0296. The number of rotatable bonds is 6. The summed E-state index contributed by atoms with van der Waals surface area (Å²) >= 11 is 12.1. The Hall–Kier alpha value is -2.08. The van der Waals surface area contributed by atoms with Crippen LogP contribution in [-0.2, 0) is 4.79 Å². The van der Waals surface area contributed by atoms with E-state index in [-0.39, 0.29) is 18.4 Å². The standard InChI is InChI=1S/C22H24Cl2N2O3/c23-19-9-8-18(15-20(19)24)16-4-6-17(7-5-16)22(29)26-12-10-25(11-13-26)21(28)3-1-2-14-27/h4-9,15,27H,1-3,10-14H2. The van der Waals surface area contributed by atoms with Crippen molar-refractivity contribution in [3.05, 3.63) is 58.1 Å². The molecule has 0 saturated carbocycles. The number of carbonyl (C=O) groups is 2. The predicted molar refractivity (Wildman–Crippen MR) is 115 cm³/mol. The van der Waals surface area contributed by atoms with Gasteiger partial charge in [0.2, 0.25) is 5.91 Å². The minimum absolute atomic E-state index is 0.0296. The first-order chi connectivity index (χ1) is 14.0. The SMILES string of the molecule is O=C(CCCCO)N1CCN(C(=O)c2ccc(-c3ccc(Cl)c(Cl)c3)cc2)CC1. The molecule has 0 bridgehead atoms. The highest BCUT2D eigenvalue weighted by Gasteiger charge is 2.24. The number of amides is 2. The smallest absolute Gasteiger partial charge is 0.253 e. The Morgan fingerprint density at radius 2 is 1.45 bits per heavy atom. The molecule has 3 rings (SSSR count). The lowest BCUT2D eigenvalue weighted by Gasteiger charge is -2.35. The maximum Gasteiger partial charge on any atom is 0.253 e. The van der Waals surface area contributed by atoms with Crippen LogP contribution in [0.4, 0.5) is 0 Å². The zero-order valence-corrected chi connectivity index (χ0v) is 17.6. The molecule has 1 heterocycles. The first-order valence-corrected chi connectivity index (χ1v) is 10.5. The molecule has 5 nitrogen and oxygen atoms in total. The molecule has 0 aromatic heterocycles. The van der Waals surface area contributed by atoms with Gasteiger partial charge in [0.15, 0.2) is 0 Å². The van der Waals surface area contributed by atoms with Crippen LogP contribution in [-0.4, -0.2) is 59.5 Å². The summed E-state index contributed by atoms with van der Waals surface area (Å²) in [5.41, 5.74) is 2.52. The third-order valence-corrected chi connectivity index (χ3v) is 5.84. The van der Waals surface area contributed by atoms with Gasteiger partial charge in [0.1, 0.15) is 0 Å². The summed E-state index contributed by atoms with van der Waals surface area (Å²) in [6.45, 7) is 2.26. The van der Waals surface area contributed by atoms with Crippen LogP contribution in [0, 0.1) is 0 Å². The van der Waals surface area contributed by atoms with Crippen molar-refractivity contribution in [1.29, 1.82) is 0 Å². The maximum atomic E-state index is 12.8. The van der Waals surface area contributed by atoms with E-state index in [9.17, 15) is 9.59 Å². The van der Waals surface area contributed by atoms with E-state index in [2.05, 4.69) is 0 Å². The van der Waals surface area contributed by atoms with Gasteiger partial charge in [0, 0.05) is 44.8 Å². The number of hydrogen-bond acceptors (Lipinski definition) is 3. The Labute approximate surface area is 180 Å². The fraction of sp³-hybridized carbons (Fsp3) is 0.364. The number of halogens is 2. The topological polar surface area (TPSA) is 60.9 Å². The van der Waals surface area contributed by atoms with Gasteiger partial charge in [-0.25, -0.2) is 0 Å². The van der Waals surface area contributed by atoms with E-state index >= 15 is 0 Å². The molecule has 2 amide bonds. The summed E-state index contributed by atoms with van der Waals surface area (Å²) in [6.07, 6.45) is 1.78. The van der Waals surface area contributed by atoms with Crippen LogP contribution in [0.2, 0.25) is 10.0 Å². The molecule has 1 aliphatic rings. The second-order valence-corrected chi connectivity index (χ2v) is 7.87. The number of aliphatic hydroxyl groups excluding tert-OH is 1. The summed E-state index contributed by atoms with van der Waals surface area (Å²) in [6, 6.07) is 12.9. The third kappa shape index (κ3) is 5.50. The maximum absolute atomic E-state index is 12.8. The third-order valence-electron chi connectivity index (χ3n) is 5.10. The van der Waals surface area contributed by atoms with Crippen LogP contribution in [0.3, 0.4) is 0 Å². The zero-order valence-electron chi connectivity index (χ0n) is 16.1. The van der Waals surface area contributed by atoms with Crippen molar-refractivity contribution in [2.75, 3.05) is 32.8 Å². The molecule has 1 N–H and O–H groups in total. The van der Waals surface area contributed by atoms with E-state index < -0.39 is 0 Å². The Morgan fingerprint density at radius 3 is 2.07 bits per heavy atom. The van der Waals surface area contributed by atoms with Crippen molar-refractivity contribution in [3.8, 4) is 11.1 Å². The molecular weight excluding hydrogens is 411 g/mol. The largest absolute Gasteiger partial charge is 0.396 e. The highest BCUT2D eigenvalue weighted by molar-refractivity contribution is 6.42. The number of carbonyl (C=O) groups excluding carboxylic acids is 2. The number of hydrogen-bond donors (Lipinski definition) is 1. The Balaban J connectivity index is 1.57. The van der Waals surface area contributed by atoms with E-state index in [4.69, 9.17) is 28.3 Å². The molecule has 1 aliphatic heterocycles. The van der Waals surface area contributed by atoms with E-state index in [0.717, 1.165) is 11.1 Å². The molecule has 29 heavy (non-hydrogen) atoms. The molecule has 0 radical (unpaired) electrons. The Morgan fingerprint density at radius 1 is 0.828 bits per heavy atom. The molecule has 7 heteroatoms. The molecule has 0 unspecified atom stereocenters. The lowest BCUT2D eigenvalue weighted by molar-refractivity contribution is -0.132. The number of benzene rings is 2. The van der Waals surface area contributed by atoms with Gasteiger partial charge in [0.25, 0.3) is 5.91 Å². The van der Waals surface area contributed by atoms with Gasteiger partial charge in [-0.05, 0) is 48.2 Å². The van der Waals surface area contributed by atoms with E-state index in [1.165, 1.54) is 0 Å². The van der Waals surface area contributed by atoms with Crippen LogP contribution in [0.1, 0.15) is 29.6 Å². The number of nitrogens with zero attached hydrogens (tertiary/aromatic N) is 2. The van der Waals surface area contributed by atoms with Gasteiger partial charge in [-0.1, -0.05) is 41.4 Å². The van der Waals surface area contributed by atoms with Crippen LogP contribution in [0.25, 0.3) is 11.1 Å². The lowest BCUT2D eigenvalue weighted by Crippen LogP contribution is -2.50. The zero-order chi connectivity index (χ0) is 20.8. The molecule has 2 aromatic rings. The first kappa shape index (κ1) is 21.6. The van der Waals surface area contributed by atoms with Crippen molar-refractivity contribution >= 4 is 35.0 Å². The van der Waals surface area contributed by atoms with Crippen LogP contribution < -0.4 is 0 Å². The Bertz CT molecular complexity index is 863. The van der Waals surface area contributed by atoms with Crippen molar-refractivity contribution in [3.63, 3.8) is 0 Å².